The number of hydrazine groups is 1. The average molecular weight is 250 g/mol. The third-order valence-corrected chi connectivity index (χ3v) is 2.07. The number of nitrogens with one attached hydrogen (secondary N) is 4. The molecule has 90 valence electrons. The molecule has 0 fully saturated rings. The molecular weight excluding hydrogens is 236 g/mol. The van der Waals surface area contributed by atoms with Crippen molar-refractivity contribution in [2.45, 2.75) is 0 Å². The number of carbonyl (C=O) groups excluding carboxylic acids is 1. The maximum absolute atomic E-state index is 10.1. The van der Waals surface area contributed by atoms with Gasteiger partial charge in [0.1, 0.15) is 0 Å². The van der Waals surface area contributed by atoms with Crippen LogP contribution in [0, 0.1) is 0 Å². The molecule has 0 aliphatic carbocycles. The topological polar surface area (TPSA) is 65.2 Å². The number of rotatable bonds is 6. The summed E-state index contributed by atoms with van der Waals surface area (Å²) in [5, 5.41) is 6.51. The predicted octanol–water partition coefficient (Wildman–Crippen LogP) is 1.23. The van der Waals surface area contributed by atoms with Crippen LogP contribution in [0.2, 0.25) is 0 Å². The molecule has 0 spiro atoms. The van der Waals surface area contributed by atoms with Gasteiger partial charge in [0.2, 0.25) is 6.41 Å². The molecular formula is C11H14N4OS. The Morgan fingerprint density at radius 3 is 2.53 bits per heavy atom. The van der Waals surface area contributed by atoms with Gasteiger partial charge in [-0.05, 0) is 36.5 Å². The molecule has 0 aliphatic rings. The number of hydrogen-bond donors (Lipinski definition) is 4. The number of amides is 1. The fraction of sp³-hybridized carbons (Fsp3) is 0.0909. The van der Waals surface area contributed by atoms with Gasteiger partial charge in [-0.25, -0.2) is 0 Å². The van der Waals surface area contributed by atoms with E-state index in [1.165, 1.54) is 0 Å². The monoisotopic (exact) mass is 250 g/mol. The Kier molecular flexibility index (Phi) is 5.53. The Balaban J connectivity index is 2.47. The van der Waals surface area contributed by atoms with Gasteiger partial charge in [0, 0.05) is 12.2 Å². The van der Waals surface area contributed by atoms with Crippen molar-refractivity contribution in [1.82, 2.24) is 10.7 Å². The van der Waals surface area contributed by atoms with E-state index in [1.54, 1.807) is 6.08 Å². The molecule has 0 saturated heterocycles. The predicted molar refractivity (Wildman–Crippen MR) is 73.7 cm³/mol. The minimum absolute atomic E-state index is 0.539. The van der Waals surface area contributed by atoms with Gasteiger partial charge in [0.25, 0.3) is 0 Å². The second-order valence-corrected chi connectivity index (χ2v) is 3.50. The maximum atomic E-state index is 10.1. The lowest BCUT2D eigenvalue weighted by atomic mass is 10.3. The highest BCUT2D eigenvalue weighted by Gasteiger charge is 1.96. The number of thiocarbonyl (C=S) groups is 1. The molecule has 1 amide bonds. The summed E-state index contributed by atoms with van der Waals surface area (Å²) in [6.45, 7) is 4.21. The van der Waals surface area contributed by atoms with E-state index in [0.29, 0.717) is 18.1 Å². The molecule has 0 saturated carbocycles. The molecule has 17 heavy (non-hydrogen) atoms. The van der Waals surface area contributed by atoms with Crippen molar-refractivity contribution < 1.29 is 4.79 Å². The first-order chi connectivity index (χ1) is 8.26. The molecule has 0 heterocycles. The molecule has 1 rings (SSSR count). The second-order valence-electron chi connectivity index (χ2n) is 3.09. The Labute approximate surface area is 105 Å². The van der Waals surface area contributed by atoms with Gasteiger partial charge in [-0.1, -0.05) is 6.08 Å². The lowest BCUT2D eigenvalue weighted by Crippen LogP contribution is -2.28. The molecule has 6 heteroatoms. The van der Waals surface area contributed by atoms with E-state index < -0.39 is 0 Å². The normalized spacial score (nSPS) is 8.94. The van der Waals surface area contributed by atoms with Crippen LogP contribution in [0.5, 0.6) is 0 Å². The van der Waals surface area contributed by atoms with Crippen LogP contribution in [0.3, 0.4) is 0 Å². The van der Waals surface area contributed by atoms with Gasteiger partial charge in [0.15, 0.2) is 5.11 Å². The standard InChI is InChI=1S/C11H14N4OS/c1-2-7-12-11(17)14-9-3-5-10(6-4-9)15-13-8-16/h2-6,8,15H,1,7H2,(H,13,16)(H2,12,14,17). The number of anilines is 2. The van der Waals surface area contributed by atoms with Gasteiger partial charge in [-0.15, -0.1) is 6.58 Å². The first kappa shape index (κ1) is 13.0. The Morgan fingerprint density at radius 1 is 1.29 bits per heavy atom. The fourth-order valence-corrected chi connectivity index (χ4v) is 1.29. The van der Waals surface area contributed by atoms with Gasteiger partial charge < -0.3 is 10.6 Å². The molecule has 0 bridgehead atoms. The first-order valence-electron chi connectivity index (χ1n) is 4.97. The van der Waals surface area contributed by atoms with Crippen LogP contribution in [-0.4, -0.2) is 18.1 Å². The van der Waals surface area contributed by atoms with Crippen LogP contribution in [0.25, 0.3) is 0 Å². The van der Waals surface area contributed by atoms with Crippen molar-refractivity contribution in [1.29, 1.82) is 0 Å². The van der Waals surface area contributed by atoms with Crippen molar-refractivity contribution in [3.63, 3.8) is 0 Å². The lowest BCUT2D eigenvalue weighted by molar-refractivity contribution is -0.109. The summed E-state index contributed by atoms with van der Waals surface area (Å²) < 4.78 is 0. The number of carbonyl (C=O) groups is 1. The summed E-state index contributed by atoms with van der Waals surface area (Å²) in [7, 11) is 0. The van der Waals surface area contributed by atoms with Crippen LogP contribution in [0.4, 0.5) is 11.4 Å². The highest BCUT2D eigenvalue weighted by atomic mass is 32.1. The summed E-state index contributed by atoms with van der Waals surface area (Å²) in [5.41, 5.74) is 6.70. The third-order valence-electron chi connectivity index (χ3n) is 1.83. The minimum Gasteiger partial charge on any atom is -0.359 e. The zero-order chi connectivity index (χ0) is 12.5. The van der Waals surface area contributed by atoms with Crippen LogP contribution in [0.1, 0.15) is 0 Å². The Hall–Kier alpha value is -2.08. The molecule has 1 aromatic rings. The second kappa shape index (κ2) is 7.24. The third kappa shape index (κ3) is 4.98. The summed E-state index contributed by atoms with van der Waals surface area (Å²) in [6, 6.07) is 7.32. The molecule has 0 aromatic heterocycles. The van der Waals surface area contributed by atoms with Crippen LogP contribution >= 0.6 is 12.2 Å². The molecule has 0 unspecified atom stereocenters. The van der Waals surface area contributed by atoms with Crippen LogP contribution < -0.4 is 21.5 Å². The Bertz CT molecular complexity index is 391. The SMILES string of the molecule is C=CCNC(=S)Nc1ccc(NNC=O)cc1. The van der Waals surface area contributed by atoms with Crippen LogP contribution in [-0.2, 0) is 4.79 Å². The van der Waals surface area contributed by atoms with E-state index in [0.717, 1.165) is 11.4 Å². The Morgan fingerprint density at radius 2 is 1.94 bits per heavy atom. The minimum atomic E-state index is 0.539. The summed E-state index contributed by atoms with van der Waals surface area (Å²) >= 11 is 5.06. The molecule has 5 nitrogen and oxygen atoms in total. The van der Waals surface area contributed by atoms with E-state index in [2.05, 4.69) is 28.1 Å². The zero-order valence-electron chi connectivity index (χ0n) is 9.19. The molecule has 0 radical (unpaired) electrons. The summed E-state index contributed by atoms with van der Waals surface area (Å²) in [6.07, 6.45) is 2.30. The van der Waals surface area contributed by atoms with Crippen LogP contribution in [0.15, 0.2) is 36.9 Å². The first-order valence-corrected chi connectivity index (χ1v) is 5.38. The van der Waals surface area contributed by atoms with Crippen molar-refractivity contribution in [2.75, 3.05) is 17.3 Å². The van der Waals surface area contributed by atoms with Crippen molar-refractivity contribution in [2.24, 2.45) is 0 Å². The van der Waals surface area contributed by atoms with Crippen molar-refractivity contribution >= 4 is 35.1 Å². The molecule has 0 aliphatic heterocycles. The number of hydrogen-bond acceptors (Lipinski definition) is 3. The zero-order valence-corrected chi connectivity index (χ0v) is 10.0. The van der Waals surface area contributed by atoms with E-state index in [4.69, 9.17) is 12.2 Å². The molecule has 1 aromatic carbocycles. The van der Waals surface area contributed by atoms with Crippen molar-refractivity contribution in [3.8, 4) is 0 Å². The van der Waals surface area contributed by atoms with Crippen molar-refractivity contribution in [3.05, 3.63) is 36.9 Å². The quantitative estimate of drug-likeness (QED) is 0.265. The fourth-order valence-electron chi connectivity index (χ4n) is 1.09. The van der Waals surface area contributed by atoms with E-state index in [1.807, 2.05) is 24.3 Å². The van der Waals surface area contributed by atoms with E-state index in [-0.39, 0.29) is 0 Å². The van der Waals surface area contributed by atoms with E-state index in [9.17, 15) is 4.79 Å². The van der Waals surface area contributed by atoms with Gasteiger partial charge in [-0.2, -0.15) is 0 Å². The molecule has 4 N–H and O–H groups in total. The largest absolute Gasteiger partial charge is 0.359 e. The smallest absolute Gasteiger partial charge is 0.225 e. The summed E-state index contributed by atoms with van der Waals surface area (Å²) in [4.78, 5) is 10.1. The lowest BCUT2D eigenvalue weighted by Gasteiger charge is -2.10. The number of benzene rings is 1. The highest BCUT2D eigenvalue weighted by molar-refractivity contribution is 7.80. The highest BCUT2D eigenvalue weighted by Crippen LogP contribution is 2.12. The summed E-state index contributed by atoms with van der Waals surface area (Å²) in [5.74, 6) is 0. The molecule has 0 atom stereocenters. The van der Waals surface area contributed by atoms with Gasteiger partial charge in [-0.3, -0.25) is 15.6 Å². The maximum Gasteiger partial charge on any atom is 0.225 e. The van der Waals surface area contributed by atoms with Gasteiger partial charge in [0.05, 0.1) is 5.69 Å². The average Bonchev–Trinajstić information content (AvgIpc) is 2.35. The van der Waals surface area contributed by atoms with Gasteiger partial charge >= 0.3 is 0 Å². The van der Waals surface area contributed by atoms with E-state index >= 15 is 0 Å².